The maximum Gasteiger partial charge on any atom is 0.416 e. The van der Waals surface area contributed by atoms with Gasteiger partial charge in [0.25, 0.3) is 11.5 Å². The zero-order chi connectivity index (χ0) is 21.2. The topological polar surface area (TPSA) is 73.2 Å². The van der Waals surface area contributed by atoms with E-state index in [9.17, 15) is 22.8 Å². The molecule has 2 heterocycles. The number of nitrogens with zero attached hydrogens (tertiary/aromatic N) is 2. The van der Waals surface area contributed by atoms with E-state index in [2.05, 4.69) is 10.3 Å². The van der Waals surface area contributed by atoms with E-state index >= 15 is 0 Å². The van der Waals surface area contributed by atoms with Crippen LogP contribution in [0.2, 0.25) is 0 Å². The standard InChI is InChI=1S/C19H18F3N3O3S/c1-3-28-8-7-25-10-23-17-14(18(25)27)11(2)15(29-17)16(26)24-13-6-4-5-12(9-13)19(20,21)22/h4-6,9-10H,3,7-8H2,1-2H3,(H,24,26). The van der Waals surface area contributed by atoms with Gasteiger partial charge in [-0.05, 0) is 37.6 Å². The van der Waals surface area contributed by atoms with Crippen molar-refractivity contribution >= 4 is 33.1 Å². The molecule has 3 aromatic rings. The van der Waals surface area contributed by atoms with Gasteiger partial charge in [-0.3, -0.25) is 14.2 Å². The zero-order valence-corrected chi connectivity index (χ0v) is 16.5. The van der Waals surface area contributed by atoms with Gasteiger partial charge in [0.1, 0.15) is 4.83 Å². The van der Waals surface area contributed by atoms with Gasteiger partial charge in [-0.1, -0.05) is 6.07 Å². The molecule has 2 aromatic heterocycles. The number of alkyl halides is 3. The molecular formula is C19H18F3N3O3S. The summed E-state index contributed by atoms with van der Waals surface area (Å²) < 4.78 is 45.2. The van der Waals surface area contributed by atoms with Crippen molar-refractivity contribution in [1.29, 1.82) is 0 Å². The highest BCUT2D eigenvalue weighted by Gasteiger charge is 2.30. The molecule has 3 rings (SSSR count). The predicted octanol–water partition coefficient (Wildman–Crippen LogP) is 4.07. The third-order valence-corrected chi connectivity index (χ3v) is 5.45. The largest absolute Gasteiger partial charge is 0.416 e. The van der Waals surface area contributed by atoms with E-state index in [-0.39, 0.29) is 16.1 Å². The fourth-order valence-electron chi connectivity index (χ4n) is 2.80. The Morgan fingerprint density at radius 3 is 2.79 bits per heavy atom. The molecule has 0 aliphatic rings. The lowest BCUT2D eigenvalue weighted by atomic mass is 10.1. The third kappa shape index (κ3) is 4.48. The number of amides is 1. The Kier molecular flexibility index (Phi) is 6.04. The molecule has 0 atom stereocenters. The van der Waals surface area contributed by atoms with Crippen LogP contribution >= 0.6 is 11.3 Å². The number of anilines is 1. The molecule has 0 spiro atoms. The number of aryl methyl sites for hydroxylation is 1. The van der Waals surface area contributed by atoms with Crippen LogP contribution in [0.15, 0.2) is 35.4 Å². The third-order valence-electron chi connectivity index (χ3n) is 4.25. The van der Waals surface area contributed by atoms with Gasteiger partial charge in [0.15, 0.2) is 0 Å². The highest BCUT2D eigenvalue weighted by atomic mass is 32.1. The molecule has 0 unspecified atom stereocenters. The number of carbonyl (C=O) groups excluding carboxylic acids is 1. The van der Waals surface area contributed by atoms with Crippen molar-refractivity contribution in [1.82, 2.24) is 9.55 Å². The lowest BCUT2D eigenvalue weighted by molar-refractivity contribution is -0.137. The Morgan fingerprint density at radius 1 is 1.34 bits per heavy atom. The number of fused-ring (bicyclic) bond motifs is 1. The first-order chi connectivity index (χ1) is 13.7. The highest BCUT2D eigenvalue weighted by Crippen LogP contribution is 2.31. The van der Waals surface area contributed by atoms with Crippen LogP contribution in [0.25, 0.3) is 10.2 Å². The summed E-state index contributed by atoms with van der Waals surface area (Å²) in [5, 5.41) is 2.79. The molecule has 154 valence electrons. The van der Waals surface area contributed by atoms with E-state index in [1.54, 1.807) is 6.92 Å². The molecule has 0 saturated heterocycles. The predicted molar refractivity (Wildman–Crippen MR) is 105 cm³/mol. The van der Waals surface area contributed by atoms with E-state index in [1.165, 1.54) is 23.0 Å². The molecule has 0 aliphatic carbocycles. The zero-order valence-electron chi connectivity index (χ0n) is 15.7. The first-order valence-corrected chi connectivity index (χ1v) is 9.59. The van der Waals surface area contributed by atoms with Crippen LogP contribution in [0.4, 0.5) is 18.9 Å². The summed E-state index contributed by atoms with van der Waals surface area (Å²) in [6.45, 7) is 4.69. The van der Waals surface area contributed by atoms with Crippen molar-refractivity contribution < 1.29 is 22.7 Å². The SMILES string of the molecule is CCOCCn1cnc2sc(C(=O)Nc3cccc(C(F)(F)F)c3)c(C)c2c1=O. The quantitative estimate of drug-likeness (QED) is 0.604. The minimum Gasteiger partial charge on any atom is -0.380 e. The summed E-state index contributed by atoms with van der Waals surface area (Å²) >= 11 is 1.02. The van der Waals surface area contributed by atoms with Gasteiger partial charge >= 0.3 is 6.18 Å². The number of rotatable bonds is 6. The minimum atomic E-state index is -4.51. The first-order valence-electron chi connectivity index (χ1n) is 8.77. The Bertz CT molecular complexity index is 1110. The van der Waals surface area contributed by atoms with Crippen molar-refractivity contribution in [3.8, 4) is 0 Å². The van der Waals surface area contributed by atoms with Crippen LogP contribution in [0.3, 0.4) is 0 Å². The van der Waals surface area contributed by atoms with E-state index in [4.69, 9.17) is 4.74 Å². The summed E-state index contributed by atoms with van der Waals surface area (Å²) in [7, 11) is 0. The number of ether oxygens (including phenoxy) is 1. The maximum atomic E-state index is 12.9. The summed E-state index contributed by atoms with van der Waals surface area (Å²) in [5.74, 6) is -0.593. The molecule has 1 amide bonds. The number of hydrogen-bond donors (Lipinski definition) is 1. The molecule has 1 N–H and O–H groups in total. The van der Waals surface area contributed by atoms with Crippen LogP contribution in [-0.4, -0.2) is 28.7 Å². The smallest absolute Gasteiger partial charge is 0.380 e. The molecule has 1 aromatic carbocycles. The number of carbonyl (C=O) groups is 1. The van der Waals surface area contributed by atoms with Crippen LogP contribution in [0, 0.1) is 6.92 Å². The number of halogens is 3. The normalized spacial score (nSPS) is 11.8. The van der Waals surface area contributed by atoms with Gasteiger partial charge in [-0.15, -0.1) is 11.3 Å². The Morgan fingerprint density at radius 2 is 2.10 bits per heavy atom. The number of benzene rings is 1. The molecule has 0 aliphatic heterocycles. The maximum absolute atomic E-state index is 12.9. The molecule has 0 saturated carbocycles. The molecule has 0 radical (unpaired) electrons. The fourth-order valence-corrected chi connectivity index (χ4v) is 3.84. The van der Waals surface area contributed by atoms with Crippen LogP contribution in [0.1, 0.15) is 27.7 Å². The molecule has 29 heavy (non-hydrogen) atoms. The van der Waals surface area contributed by atoms with Gasteiger partial charge in [0.2, 0.25) is 0 Å². The lowest BCUT2D eigenvalue weighted by Crippen LogP contribution is -2.23. The van der Waals surface area contributed by atoms with Gasteiger partial charge in [0, 0.05) is 12.3 Å². The summed E-state index contributed by atoms with van der Waals surface area (Å²) in [5.41, 5.74) is -0.690. The monoisotopic (exact) mass is 425 g/mol. The molecular weight excluding hydrogens is 407 g/mol. The second-order valence-corrected chi connectivity index (χ2v) is 7.21. The van der Waals surface area contributed by atoms with E-state index < -0.39 is 17.6 Å². The van der Waals surface area contributed by atoms with Crippen molar-refractivity contribution in [2.45, 2.75) is 26.6 Å². The number of nitrogens with one attached hydrogen (secondary N) is 1. The lowest BCUT2D eigenvalue weighted by Gasteiger charge is -2.09. The van der Waals surface area contributed by atoms with Crippen molar-refractivity contribution in [3.05, 3.63) is 57.0 Å². The van der Waals surface area contributed by atoms with Gasteiger partial charge < -0.3 is 10.1 Å². The van der Waals surface area contributed by atoms with Crippen molar-refractivity contribution in [2.75, 3.05) is 18.5 Å². The second kappa shape index (κ2) is 8.34. The Hall–Kier alpha value is -2.72. The summed E-state index contributed by atoms with van der Waals surface area (Å²) in [6.07, 6.45) is -3.11. The average Bonchev–Trinajstić information content (AvgIpc) is 3.01. The van der Waals surface area contributed by atoms with Gasteiger partial charge in [-0.25, -0.2) is 4.98 Å². The van der Waals surface area contributed by atoms with E-state index in [0.29, 0.717) is 35.5 Å². The van der Waals surface area contributed by atoms with E-state index in [0.717, 1.165) is 23.5 Å². The van der Waals surface area contributed by atoms with E-state index in [1.807, 2.05) is 6.92 Å². The van der Waals surface area contributed by atoms with Crippen LogP contribution in [-0.2, 0) is 17.5 Å². The summed E-state index contributed by atoms with van der Waals surface area (Å²) in [4.78, 5) is 30.2. The van der Waals surface area contributed by atoms with Gasteiger partial charge in [-0.2, -0.15) is 13.2 Å². The molecule has 6 nitrogen and oxygen atoms in total. The van der Waals surface area contributed by atoms with Crippen molar-refractivity contribution in [2.24, 2.45) is 0 Å². The minimum absolute atomic E-state index is 0.0174. The second-order valence-electron chi connectivity index (χ2n) is 6.21. The van der Waals surface area contributed by atoms with Gasteiger partial charge in [0.05, 0.1) is 35.3 Å². The molecule has 0 bridgehead atoms. The first kappa shape index (κ1) is 21.0. The Labute approximate surface area is 167 Å². The fraction of sp³-hybridized carbons (Fsp3) is 0.316. The molecule has 0 fully saturated rings. The summed E-state index contributed by atoms with van der Waals surface area (Å²) in [6, 6.07) is 4.37. The van der Waals surface area contributed by atoms with Crippen molar-refractivity contribution in [3.63, 3.8) is 0 Å². The number of thiophene rings is 1. The Balaban J connectivity index is 1.90. The highest BCUT2D eigenvalue weighted by molar-refractivity contribution is 7.20. The number of aromatic nitrogens is 2. The van der Waals surface area contributed by atoms with Crippen LogP contribution < -0.4 is 10.9 Å². The van der Waals surface area contributed by atoms with Crippen LogP contribution in [0.5, 0.6) is 0 Å². The average molecular weight is 425 g/mol. The molecule has 10 heteroatoms. The number of hydrogen-bond acceptors (Lipinski definition) is 5.